The highest BCUT2D eigenvalue weighted by Gasteiger charge is 2.18. The predicted molar refractivity (Wildman–Crippen MR) is 68.0 cm³/mol. The van der Waals surface area contributed by atoms with Crippen molar-refractivity contribution < 1.29 is 14.7 Å². The summed E-state index contributed by atoms with van der Waals surface area (Å²) in [6, 6.07) is 5.27. The lowest BCUT2D eigenvalue weighted by atomic mass is 10.1. The summed E-state index contributed by atoms with van der Waals surface area (Å²) in [4.78, 5) is 25.4. The Hall–Kier alpha value is -2.01. The molecule has 0 aliphatic carbocycles. The lowest BCUT2D eigenvalue weighted by molar-refractivity contribution is -0.135. The number of aryl methyl sites for hydroxylation is 1. The van der Waals surface area contributed by atoms with Gasteiger partial charge in [-0.3, -0.25) is 9.59 Å². The predicted octanol–water partition coefficient (Wildman–Crippen LogP) is 1.94. The molecular formula is C12H11ClN2O3. The Morgan fingerprint density at radius 1 is 1.44 bits per heavy atom. The minimum Gasteiger partial charge on any atom is -0.480 e. The molecule has 1 heterocycles. The fourth-order valence-corrected chi connectivity index (χ4v) is 2.13. The second kappa shape index (κ2) is 4.70. The van der Waals surface area contributed by atoms with Crippen molar-refractivity contribution in [2.75, 3.05) is 6.54 Å². The molecule has 5 nitrogen and oxygen atoms in total. The van der Waals surface area contributed by atoms with Gasteiger partial charge < -0.3 is 15.4 Å². The SMILES string of the molecule is Cc1[nH]c2cccc(Cl)c2c1C(=O)NCC(=O)O. The summed E-state index contributed by atoms with van der Waals surface area (Å²) in [5.74, 6) is -1.54. The van der Waals surface area contributed by atoms with Gasteiger partial charge in [-0.15, -0.1) is 0 Å². The highest BCUT2D eigenvalue weighted by molar-refractivity contribution is 6.37. The van der Waals surface area contributed by atoms with Crippen LogP contribution >= 0.6 is 11.6 Å². The number of aromatic amines is 1. The van der Waals surface area contributed by atoms with Crippen molar-refractivity contribution in [1.82, 2.24) is 10.3 Å². The van der Waals surface area contributed by atoms with E-state index in [1.54, 1.807) is 19.1 Å². The van der Waals surface area contributed by atoms with E-state index in [0.717, 1.165) is 5.52 Å². The molecule has 2 aromatic rings. The molecule has 0 unspecified atom stereocenters. The molecule has 18 heavy (non-hydrogen) atoms. The number of carboxylic acid groups (broad SMARTS) is 1. The van der Waals surface area contributed by atoms with Crippen molar-refractivity contribution in [3.05, 3.63) is 34.5 Å². The zero-order chi connectivity index (χ0) is 13.3. The molecule has 3 N–H and O–H groups in total. The van der Waals surface area contributed by atoms with Crippen LogP contribution in [0.25, 0.3) is 10.9 Å². The third-order valence-electron chi connectivity index (χ3n) is 2.59. The molecule has 1 aromatic carbocycles. The summed E-state index contributed by atoms with van der Waals surface area (Å²) in [5.41, 5.74) is 1.79. The molecule has 94 valence electrons. The Bertz CT molecular complexity index is 634. The fourth-order valence-electron chi connectivity index (χ4n) is 1.86. The largest absolute Gasteiger partial charge is 0.480 e. The minimum atomic E-state index is -1.09. The van der Waals surface area contributed by atoms with Gasteiger partial charge in [0.1, 0.15) is 6.54 Å². The molecule has 0 spiro atoms. The quantitative estimate of drug-likeness (QED) is 0.794. The van der Waals surface area contributed by atoms with E-state index in [2.05, 4.69) is 10.3 Å². The van der Waals surface area contributed by atoms with E-state index >= 15 is 0 Å². The van der Waals surface area contributed by atoms with Gasteiger partial charge in [0.05, 0.1) is 10.6 Å². The molecule has 0 radical (unpaired) electrons. The Kier molecular flexibility index (Phi) is 3.25. The third kappa shape index (κ3) is 2.17. The summed E-state index contributed by atoms with van der Waals surface area (Å²) in [5, 5.41) is 11.9. The number of amides is 1. The first-order chi connectivity index (χ1) is 8.50. The molecule has 0 saturated carbocycles. The molecule has 6 heteroatoms. The average molecular weight is 267 g/mol. The molecule has 0 fully saturated rings. The highest BCUT2D eigenvalue weighted by Crippen LogP contribution is 2.28. The number of nitrogens with one attached hydrogen (secondary N) is 2. The maximum Gasteiger partial charge on any atom is 0.322 e. The van der Waals surface area contributed by atoms with Gasteiger partial charge in [-0.25, -0.2) is 0 Å². The van der Waals surface area contributed by atoms with E-state index in [9.17, 15) is 9.59 Å². The van der Waals surface area contributed by atoms with Crippen molar-refractivity contribution >= 4 is 34.4 Å². The van der Waals surface area contributed by atoms with E-state index < -0.39 is 18.4 Å². The number of carbonyl (C=O) groups is 2. The number of halogens is 1. The first kappa shape index (κ1) is 12.4. The van der Waals surface area contributed by atoms with E-state index in [1.807, 2.05) is 6.07 Å². The number of benzene rings is 1. The van der Waals surface area contributed by atoms with Gasteiger partial charge in [-0.1, -0.05) is 17.7 Å². The van der Waals surface area contributed by atoms with Crippen LogP contribution in [-0.2, 0) is 4.79 Å². The Morgan fingerprint density at radius 2 is 2.17 bits per heavy atom. The molecule has 0 aliphatic rings. The standard InChI is InChI=1S/C12H11ClN2O3/c1-6-10(12(18)14-5-9(16)17)11-7(13)3-2-4-8(11)15-6/h2-4,15H,5H2,1H3,(H,14,18)(H,16,17). The molecule has 0 aliphatic heterocycles. The Balaban J connectivity index is 2.46. The van der Waals surface area contributed by atoms with Gasteiger partial charge in [0, 0.05) is 16.6 Å². The van der Waals surface area contributed by atoms with Crippen molar-refractivity contribution in [3.8, 4) is 0 Å². The van der Waals surface area contributed by atoms with Crippen LogP contribution in [0.15, 0.2) is 18.2 Å². The number of aromatic nitrogens is 1. The highest BCUT2D eigenvalue weighted by atomic mass is 35.5. The van der Waals surface area contributed by atoms with Crippen LogP contribution in [0.2, 0.25) is 5.02 Å². The summed E-state index contributed by atoms with van der Waals surface area (Å²) in [7, 11) is 0. The van der Waals surface area contributed by atoms with Crippen LogP contribution in [0.4, 0.5) is 0 Å². The van der Waals surface area contributed by atoms with E-state index in [4.69, 9.17) is 16.7 Å². The summed E-state index contributed by atoms with van der Waals surface area (Å²) in [6.07, 6.45) is 0. The number of hydrogen-bond acceptors (Lipinski definition) is 2. The minimum absolute atomic E-state index is 0.386. The molecule has 2 rings (SSSR count). The lowest BCUT2D eigenvalue weighted by Gasteiger charge is -2.03. The summed E-state index contributed by atoms with van der Waals surface area (Å²) in [6.45, 7) is 1.32. The smallest absolute Gasteiger partial charge is 0.322 e. The number of aliphatic carboxylic acids is 1. The van der Waals surface area contributed by atoms with Gasteiger partial charge in [0.2, 0.25) is 0 Å². The van der Waals surface area contributed by atoms with Crippen LogP contribution in [0.3, 0.4) is 0 Å². The Labute approximate surface area is 108 Å². The topological polar surface area (TPSA) is 82.2 Å². The van der Waals surface area contributed by atoms with Gasteiger partial charge in [-0.05, 0) is 19.1 Å². The fraction of sp³-hybridized carbons (Fsp3) is 0.167. The van der Waals surface area contributed by atoms with Crippen LogP contribution in [-0.4, -0.2) is 28.5 Å². The summed E-state index contributed by atoms with van der Waals surface area (Å²) < 4.78 is 0. The van der Waals surface area contributed by atoms with Gasteiger partial charge in [-0.2, -0.15) is 0 Å². The molecule has 0 saturated heterocycles. The van der Waals surface area contributed by atoms with Crippen molar-refractivity contribution in [2.45, 2.75) is 6.92 Å². The lowest BCUT2D eigenvalue weighted by Crippen LogP contribution is -2.29. The second-order valence-electron chi connectivity index (χ2n) is 3.86. The first-order valence-corrected chi connectivity index (χ1v) is 5.65. The number of hydrogen-bond donors (Lipinski definition) is 3. The van der Waals surface area contributed by atoms with Crippen LogP contribution in [0.1, 0.15) is 16.1 Å². The van der Waals surface area contributed by atoms with E-state index in [1.165, 1.54) is 0 Å². The number of H-pyrrole nitrogens is 1. The average Bonchev–Trinajstić information content (AvgIpc) is 2.63. The summed E-state index contributed by atoms with van der Waals surface area (Å²) >= 11 is 6.07. The number of fused-ring (bicyclic) bond motifs is 1. The zero-order valence-electron chi connectivity index (χ0n) is 9.58. The molecule has 1 aromatic heterocycles. The van der Waals surface area contributed by atoms with E-state index in [-0.39, 0.29) is 0 Å². The number of carboxylic acids is 1. The van der Waals surface area contributed by atoms with Gasteiger partial charge in [0.25, 0.3) is 5.91 Å². The van der Waals surface area contributed by atoms with Crippen LogP contribution in [0.5, 0.6) is 0 Å². The number of carbonyl (C=O) groups excluding carboxylic acids is 1. The van der Waals surface area contributed by atoms with Crippen molar-refractivity contribution in [2.24, 2.45) is 0 Å². The van der Waals surface area contributed by atoms with Crippen molar-refractivity contribution in [3.63, 3.8) is 0 Å². The van der Waals surface area contributed by atoms with Crippen molar-refractivity contribution in [1.29, 1.82) is 0 Å². The first-order valence-electron chi connectivity index (χ1n) is 5.27. The normalized spacial score (nSPS) is 10.6. The second-order valence-corrected chi connectivity index (χ2v) is 4.27. The maximum absolute atomic E-state index is 11.9. The van der Waals surface area contributed by atoms with Crippen LogP contribution in [0, 0.1) is 6.92 Å². The van der Waals surface area contributed by atoms with Gasteiger partial charge >= 0.3 is 5.97 Å². The number of rotatable bonds is 3. The van der Waals surface area contributed by atoms with Crippen LogP contribution < -0.4 is 5.32 Å². The zero-order valence-corrected chi connectivity index (χ0v) is 10.3. The Morgan fingerprint density at radius 3 is 2.83 bits per heavy atom. The van der Waals surface area contributed by atoms with Gasteiger partial charge in [0.15, 0.2) is 0 Å². The molecule has 0 atom stereocenters. The molecular weight excluding hydrogens is 256 g/mol. The monoisotopic (exact) mass is 266 g/mol. The van der Waals surface area contributed by atoms with E-state index in [0.29, 0.717) is 21.7 Å². The molecule has 1 amide bonds. The maximum atomic E-state index is 11.9. The third-order valence-corrected chi connectivity index (χ3v) is 2.90. The molecule has 0 bridgehead atoms.